The first-order valence-electron chi connectivity index (χ1n) is 16.3. The lowest BCUT2D eigenvalue weighted by molar-refractivity contribution is -0.747. The number of nitrogens with zero attached hydrogens (tertiary/aromatic N) is 3. The molecule has 5 aliphatic rings. The molecule has 1 aliphatic heterocycles. The fraction of sp³-hybridized carbons (Fsp3) is 0.714. The number of allylic oxidation sites excluding steroid dienone is 1. The maximum Gasteiger partial charge on any atom is 0.155 e. The van der Waals surface area contributed by atoms with Crippen LogP contribution in [0.3, 0.4) is 0 Å². The molecule has 1 aromatic heterocycles. The summed E-state index contributed by atoms with van der Waals surface area (Å²) >= 11 is 0. The molecule has 224 valence electrons. The minimum atomic E-state index is -0.118. The van der Waals surface area contributed by atoms with E-state index < -0.39 is 0 Å². The van der Waals surface area contributed by atoms with Crippen LogP contribution in [0.1, 0.15) is 97.1 Å². The van der Waals surface area contributed by atoms with Crippen LogP contribution < -0.4 is 21.7 Å². The summed E-state index contributed by atoms with van der Waals surface area (Å²) in [7, 11) is 0. The van der Waals surface area contributed by atoms with Gasteiger partial charge in [0.1, 0.15) is 12.6 Å². The molecule has 4 aliphatic carbocycles. The summed E-state index contributed by atoms with van der Waals surface area (Å²) in [6.45, 7) is 10.8. The van der Waals surface area contributed by atoms with Gasteiger partial charge in [0.25, 0.3) is 0 Å². The van der Waals surface area contributed by atoms with Crippen LogP contribution in [0.2, 0.25) is 0 Å². The van der Waals surface area contributed by atoms with Gasteiger partial charge in [0.2, 0.25) is 0 Å². The zero-order valence-electron chi connectivity index (χ0n) is 25.5. The van der Waals surface area contributed by atoms with Crippen molar-refractivity contribution >= 4 is 0 Å². The molecule has 3 saturated carbocycles. The van der Waals surface area contributed by atoms with Crippen molar-refractivity contribution in [2.45, 2.75) is 116 Å². The Labute approximate surface area is 257 Å². The van der Waals surface area contributed by atoms with Crippen LogP contribution in [0.25, 0.3) is 0 Å². The summed E-state index contributed by atoms with van der Waals surface area (Å²) in [5.74, 6) is 3.70. The molecule has 0 spiro atoms. The molecule has 1 N–H and O–H groups in total. The summed E-state index contributed by atoms with van der Waals surface area (Å²) in [4.78, 5) is 0. The molecule has 7 rings (SSSR count). The van der Waals surface area contributed by atoms with Gasteiger partial charge in [-0.25, -0.2) is 0 Å². The van der Waals surface area contributed by atoms with Gasteiger partial charge >= 0.3 is 0 Å². The van der Waals surface area contributed by atoms with Gasteiger partial charge in [0.05, 0.1) is 23.5 Å². The third-order valence-corrected chi connectivity index (χ3v) is 12.8. The molecule has 4 fully saturated rings. The Kier molecular flexibility index (Phi) is 8.08. The van der Waals surface area contributed by atoms with E-state index in [1.165, 1.54) is 37.7 Å². The summed E-state index contributed by atoms with van der Waals surface area (Å²) < 4.78 is 11.1. The molecule has 41 heavy (non-hydrogen) atoms. The van der Waals surface area contributed by atoms with Crippen molar-refractivity contribution in [3.8, 4) is 0 Å². The maximum absolute atomic E-state index is 10.3. The summed E-state index contributed by atoms with van der Waals surface area (Å²) in [5, 5.41) is 15.2. The number of aromatic nitrogens is 3. The van der Waals surface area contributed by atoms with Crippen LogP contribution in [0.4, 0.5) is 0 Å². The van der Waals surface area contributed by atoms with E-state index >= 15 is 0 Å². The van der Waals surface area contributed by atoms with Gasteiger partial charge in [-0.1, -0.05) is 62.8 Å². The lowest BCUT2D eigenvalue weighted by atomic mass is 9.47. The van der Waals surface area contributed by atoms with Gasteiger partial charge < -0.3 is 26.8 Å². The Morgan fingerprint density at radius 3 is 2.76 bits per heavy atom. The van der Waals surface area contributed by atoms with E-state index in [4.69, 9.17) is 9.95 Å². The van der Waals surface area contributed by atoms with Gasteiger partial charge in [0, 0.05) is 0 Å². The SMILES string of the molecule is C[C@H](CC[C@H]1OC2C[C@H]3[C@@H]4CC=C5CC(O)CC[C@]5(C)[C@H]4CC[C@]3(C)C2[C@@H]1C)n1cc[n+](Cc2ccccc2)n1.[Br-]. The molecular weight excluding hydrogens is 574 g/mol. The normalized spacial score (nSPS) is 41.8. The lowest BCUT2D eigenvalue weighted by Gasteiger charge is -2.58. The molecule has 2 heterocycles. The van der Waals surface area contributed by atoms with Crippen LogP contribution in [-0.4, -0.2) is 33.3 Å². The second-order valence-corrected chi connectivity index (χ2v) is 14.8. The molecule has 11 atom stereocenters. The van der Waals surface area contributed by atoms with Crippen molar-refractivity contribution in [3.63, 3.8) is 0 Å². The van der Waals surface area contributed by atoms with Crippen molar-refractivity contribution in [2.24, 2.45) is 40.4 Å². The second kappa shape index (κ2) is 11.2. The molecular formula is C35H50BrN3O2. The van der Waals surface area contributed by atoms with Gasteiger partial charge in [0.15, 0.2) is 12.4 Å². The van der Waals surface area contributed by atoms with E-state index in [0.717, 1.165) is 50.0 Å². The molecule has 2 aromatic rings. The van der Waals surface area contributed by atoms with Crippen LogP contribution in [0.15, 0.2) is 54.4 Å². The highest BCUT2D eigenvalue weighted by atomic mass is 79.9. The predicted molar refractivity (Wildman–Crippen MR) is 156 cm³/mol. The Balaban J connectivity index is 0.00000302. The number of halogens is 1. The number of benzene rings is 1. The van der Waals surface area contributed by atoms with Crippen LogP contribution in [0, 0.1) is 40.4 Å². The number of rotatable bonds is 6. The Morgan fingerprint density at radius 2 is 1.95 bits per heavy atom. The van der Waals surface area contributed by atoms with Crippen molar-refractivity contribution in [3.05, 3.63) is 59.9 Å². The van der Waals surface area contributed by atoms with E-state index in [9.17, 15) is 5.11 Å². The van der Waals surface area contributed by atoms with E-state index in [2.05, 4.69) is 81.2 Å². The van der Waals surface area contributed by atoms with E-state index in [0.29, 0.717) is 40.9 Å². The predicted octanol–water partition coefficient (Wildman–Crippen LogP) is 3.52. The molecule has 5 nitrogen and oxygen atoms in total. The number of hydrogen-bond donors (Lipinski definition) is 1. The molecule has 0 radical (unpaired) electrons. The molecule has 6 heteroatoms. The topological polar surface area (TPSA) is 51.2 Å². The summed E-state index contributed by atoms with van der Waals surface area (Å²) in [5.41, 5.74) is 3.59. The fourth-order valence-electron chi connectivity index (χ4n) is 10.6. The first kappa shape index (κ1) is 29.6. The van der Waals surface area contributed by atoms with E-state index in [1.807, 2.05) is 4.68 Å². The monoisotopic (exact) mass is 623 g/mol. The first-order valence-corrected chi connectivity index (χ1v) is 16.3. The van der Waals surface area contributed by atoms with Crippen LogP contribution >= 0.6 is 0 Å². The van der Waals surface area contributed by atoms with Crippen LogP contribution in [0.5, 0.6) is 0 Å². The highest BCUT2D eigenvalue weighted by molar-refractivity contribution is 5.26. The average Bonchev–Trinajstić information content (AvgIpc) is 3.62. The second-order valence-electron chi connectivity index (χ2n) is 14.8. The Morgan fingerprint density at radius 1 is 1.15 bits per heavy atom. The quantitative estimate of drug-likeness (QED) is 0.396. The number of ether oxygens (including phenoxy) is 1. The van der Waals surface area contributed by atoms with Crippen molar-refractivity contribution < 1.29 is 31.5 Å². The summed E-state index contributed by atoms with van der Waals surface area (Å²) in [6, 6.07) is 10.9. The summed E-state index contributed by atoms with van der Waals surface area (Å²) in [6.07, 6.45) is 18.0. The van der Waals surface area contributed by atoms with E-state index in [-0.39, 0.29) is 23.1 Å². The number of aliphatic hydroxyl groups excluding tert-OH is 1. The largest absolute Gasteiger partial charge is 1.00 e. The standard InChI is InChI=1S/C35H50N3O2.BrH/c1-23(38-19-18-37(36-38)22-25-8-6-5-7-9-25)10-13-31-24(2)33-32(40-31)21-30-28-12-11-26-20-27(39)14-16-34(26,3)29(28)15-17-35(30,33)4;/h5-9,11,18-19,23-24,27-33,39H,10,12-17,20-22H2,1-4H3;1H/q+1;/p-1/t23-,24-,27?,28-,29+,30+,31-,32?,33?,34+,35+;/m1./s1. The van der Waals surface area contributed by atoms with Crippen molar-refractivity contribution in [2.75, 3.05) is 0 Å². The van der Waals surface area contributed by atoms with Gasteiger partial charge in [-0.05, 0) is 111 Å². The first-order chi connectivity index (χ1) is 19.3. The van der Waals surface area contributed by atoms with Crippen molar-refractivity contribution in [1.82, 2.24) is 9.90 Å². The Bertz CT molecular complexity index is 1250. The maximum atomic E-state index is 10.3. The van der Waals surface area contributed by atoms with Crippen LogP contribution in [-0.2, 0) is 11.3 Å². The number of hydrogen-bond acceptors (Lipinski definition) is 3. The van der Waals surface area contributed by atoms with E-state index in [1.54, 1.807) is 5.57 Å². The van der Waals surface area contributed by atoms with Gasteiger partial charge in [-0.2, -0.15) is 0 Å². The highest BCUT2D eigenvalue weighted by Crippen LogP contribution is 2.69. The Hall–Kier alpha value is -1.50. The minimum absolute atomic E-state index is 0. The molecule has 0 bridgehead atoms. The molecule has 1 aromatic carbocycles. The zero-order chi connectivity index (χ0) is 27.6. The third kappa shape index (κ3) is 4.98. The van der Waals surface area contributed by atoms with Gasteiger partial charge in [-0.3, -0.25) is 0 Å². The fourth-order valence-corrected chi connectivity index (χ4v) is 10.6. The molecule has 3 unspecified atom stereocenters. The third-order valence-electron chi connectivity index (χ3n) is 12.8. The smallest absolute Gasteiger partial charge is 0.155 e. The lowest BCUT2D eigenvalue weighted by Crippen LogP contribution is -3.00. The molecule has 1 saturated heterocycles. The minimum Gasteiger partial charge on any atom is -1.00 e. The van der Waals surface area contributed by atoms with Gasteiger partial charge in [-0.15, -0.1) is 9.36 Å². The van der Waals surface area contributed by atoms with Crippen molar-refractivity contribution in [1.29, 1.82) is 0 Å². The highest BCUT2D eigenvalue weighted by Gasteiger charge is 2.64. The number of fused-ring (bicyclic) bond motifs is 7. The zero-order valence-corrected chi connectivity index (χ0v) is 27.0. The number of aliphatic hydroxyl groups is 1. The molecule has 0 amide bonds. The average molecular weight is 625 g/mol.